The monoisotopic (exact) mass is 276 g/mol. The third kappa shape index (κ3) is 3.60. The number of aromatic nitrogens is 2. The maximum absolute atomic E-state index is 5.47. The van der Waals surface area contributed by atoms with Crippen LogP contribution in [-0.4, -0.2) is 42.3 Å². The Balaban J connectivity index is 1.70. The minimum absolute atomic E-state index is 0.589. The number of nitrogens with one attached hydrogen (secondary N) is 1. The molecule has 2 fully saturated rings. The lowest BCUT2D eigenvalue weighted by Gasteiger charge is -2.26. The molecule has 1 unspecified atom stereocenters. The van der Waals surface area contributed by atoms with Crippen LogP contribution in [-0.2, 0) is 0 Å². The number of ether oxygens (including phenoxy) is 1. The molecule has 0 aromatic carbocycles. The van der Waals surface area contributed by atoms with Gasteiger partial charge in [-0.1, -0.05) is 0 Å². The van der Waals surface area contributed by atoms with Gasteiger partial charge >= 0.3 is 0 Å². The van der Waals surface area contributed by atoms with Gasteiger partial charge in [0.05, 0.1) is 19.0 Å². The van der Waals surface area contributed by atoms with E-state index in [0.29, 0.717) is 18.5 Å². The highest BCUT2D eigenvalue weighted by Crippen LogP contribution is 2.31. The molecule has 1 saturated carbocycles. The molecule has 110 valence electrons. The van der Waals surface area contributed by atoms with Gasteiger partial charge in [0.15, 0.2) is 5.82 Å². The molecule has 5 nitrogen and oxygen atoms in total. The summed E-state index contributed by atoms with van der Waals surface area (Å²) in [6.45, 7) is 5.87. The van der Waals surface area contributed by atoms with Crippen LogP contribution in [0.15, 0.2) is 12.4 Å². The van der Waals surface area contributed by atoms with Crippen LogP contribution in [0.3, 0.4) is 0 Å². The van der Waals surface area contributed by atoms with E-state index < -0.39 is 0 Å². The Bertz CT molecular complexity index is 430. The summed E-state index contributed by atoms with van der Waals surface area (Å²) in [7, 11) is 0. The van der Waals surface area contributed by atoms with Crippen molar-refractivity contribution in [2.45, 2.75) is 38.6 Å². The van der Waals surface area contributed by atoms with Crippen molar-refractivity contribution >= 4 is 5.82 Å². The summed E-state index contributed by atoms with van der Waals surface area (Å²) in [6.07, 6.45) is 8.81. The molecular formula is C15H24N4O. The summed E-state index contributed by atoms with van der Waals surface area (Å²) in [4.78, 5) is 11.3. The number of hydrogen-bond donors (Lipinski definition) is 1. The molecule has 1 aliphatic heterocycles. The average molecular weight is 276 g/mol. The van der Waals surface area contributed by atoms with Gasteiger partial charge in [0, 0.05) is 19.1 Å². The van der Waals surface area contributed by atoms with Gasteiger partial charge in [-0.2, -0.15) is 4.98 Å². The van der Waals surface area contributed by atoms with Crippen LogP contribution in [0.5, 0.6) is 5.88 Å². The maximum atomic E-state index is 5.47. The molecule has 1 aliphatic carbocycles. The van der Waals surface area contributed by atoms with E-state index in [1.54, 1.807) is 6.20 Å². The van der Waals surface area contributed by atoms with Gasteiger partial charge in [0.2, 0.25) is 5.88 Å². The summed E-state index contributed by atoms with van der Waals surface area (Å²) in [6, 6.07) is 0.589. The van der Waals surface area contributed by atoms with E-state index in [1.807, 2.05) is 13.1 Å². The van der Waals surface area contributed by atoms with E-state index in [0.717, 1.165) is 31.4 Å². The molecule has 2 heterocycles. The third-order valence-corrected chi connectivity index (χ3v) is 3.99. The SMILES string of the molecule is CCOc1cncc(N(CC2CC2)CC2CCCN2)n1. The smallest absolute Gasteiger partial charge is 0.234 e. The topological polar surface area (TPSA) is 50.3 Å². The number of hydrogen-bond acceptors (Lipinski definition) is 5. The highest BCUT2D eigenvalue weighted by atomic mass is 16.5. The third-order valence-electron chi connectivity index (χ3n) is 3.99. The van der Waals surface area contributed by atoms with Crippen LogP contribution in [0.2, 0.25) is 0 Å². The fourth-order valence-corrected chi connectivity index (χ4v) is 2.76. The van der Waals surface area contributed by atoms with Crippen LogP contribution < -0.4 is 15.0 Å². The highest BCUT2D eigenvalue weighted by Gasteiger charge is 2.27. The molecule has 0 amide bonds. The van der Waals surface area contributed by atoms with E-state index in [-0.39, 0.29) is 0 Å². The molecule has 0 bridgehead atoms. The minimum Gasteiger partial charge on any atom is -0.477 e. The number of anilines is 1. The van der Waals surface area contributed by atoms with Crippen LogP contribution >= 0.6 is 0 Å². The summed E-state index contributed by atoms with van der Waals surface area (Å²) in [5.74, 6) is 2.43. The molecule has 5 heteroatoms. The van der Waals surface area contributed by atoms with Crippen molar-refractivity contribution < 1.29 is 4.74 Å². The van der Waals surface area contributed by atoms with Crippen LogP contribution in [0, 0.1) is 5.92 Å². The molecule has 0 spiro atoms. The van der Waals surface area contributed by atoms with Crippen LogP contribution in [0.4, 0.5) is 5.82 Å². The Kier molecular flexibility index (Phi) is 4.35. The fourth-order valence-electron chi connectivity index (χ4n) is 2.76. The molecule has 2 aliphatic rings. The molecule has 1 atom stereocenters. The Morgan fingerprint density at radius 1 is 1.30 bits per heavy atom. The fraction of sp³-hybridized carbons (Fsp3) is 0.733. The van der Waals surface area contributed by atoms with Gasteiger partial charge in [-0.15, -0.1) is 0 Å². The Morgan fingerprint density at radius 2 is 2.20 bits per heavy atom. The predicted molar refractivity (Wildman–Crippen MR) is 79.2 cm³/mol. The molecule has 20 heavy (non-hydrogen) atoms. The van der Waals surface area contributed by atoms with E-state index in [1.165, 1.54) is 25.7 Å². The first-order valence-corrected chi connectivity index (χ1v) is 7.78. The lowest BCUT2D eigenvalue weighted by Crippen LogP contribution is -2.39. The Hall–Kier alpha value is -1.36. The Labute approximate surface area is 120 Å². The quantitative estimate of drug-likeness (QED) is 0.823. The second-order valence-electron chi connectivity index (χ2n) is 5.79. The molecule has 1 aromatic rings. The minimum atomic E-state index is 0.589. The number of rotatable bonds is 7. The normalized spacial score (nSPS) is 21.9. The zero-order chi connectivity index (χ0) is 13.8. The molecular weight excluding hydrogens is 252 g/mol. The van der Waals surface area contributed by atoms with E-state index >= 15 is 0 Å². The lowest BCUT2D eigenvalue weighted by atomic mass is 10.2. The zero-order valence-electron chi connectivity index (χ0n) is 12.2. The largest absolute Gasteiger partial charge is 0.477 e. The van der Waals surface area contributed by atoms with Crippen molar-refractivity contribution in [3.05, 3.63) is 12.4 Å². The second-order valence-corrected chi connectivity index (χ2v) is 5.79. The van der Waals surface area contributed by atoms with Gasteiger partial charge in [-0.05, 0) is 45.1 Å². The van der Waals surface area contributed by atoms with Gasteiger partial charge in [-0.3, -0.25) is 4.98 Å². The van der Waals surface area contributed by atoms with Crippen molar-refractivity contribution in [1.29, 1.82) is 0 Å². The first-order chi connectivity index (χ1) is 9.85. The van der Waals surface area contributed by atoms with Crippen LogP contribution in [0.25, 0.3) is 0 Å². The second kappa shape index (κ2) is 6.39. The summed E-state index contributed by atoms with van der Waals surface area (Å²) in [5, 5.41) is 3.57. The number of nitrogens with zero attached hydrogens (tertiary/aromatic N) is 3. The van der Waals surface area contributed by atoms with Gasteiger partial charge in [0.1, 0.15) is 0 Å². The van der Waals surface area contributed by atoms with Gasteiger partial charge in [0.25, 0.3) is 0 Å². The van der Waals surface area contributed by atoms with Crippen molar-refractivity contribution in [2.75, 3.05) is 31.1 Å². The summed E-state index contributed by atoms with van der Waals surface area (Å²) < 4.78 is 5.47. The van der Waals surface area contributed by atoms with Crippen LogP contribution in [0.1, 0.15) is 32.6 Å². The first kappa shape index (κ1) is 13.6. The van der Waals surface area contributed by atoms with Crippen molar-refractivity contribution in [1.82, 2.24) is 15.3 Å². The summed E-state index contributed by atoms with van der Waals surface area (Å²) >= 11 is 0. The molecule has 1 aromatic heterocycles. The van der Waals surface area contributed by atoms with Crippen molar-refractivity contribution in [3.63, 3.8) is 0 Å². The van der Waals surface area contributed by atoms with E-state index in [9.17, 15) is 0 Å². The standard InChI is InChI=1S/C15H24N4O/c1-2-20-15-9-16-8-14(18-15)19(10-12-5-6-12)11-13-4-3-7-17-13/h8-9,12-13,17H,2-7,10-11H2,1H3. The zero-order valence-corrected chi connectivity index (χ0v) is 12.2. The average Bonchev–Trinajstić information content (AvgIpc) is 3.12. The van der Waals surface area contributed by atoms with Gasteiger partial charge in [-0.25, -0.2) is 0 Å². The van der Waals surface area contributed by atoms with Gasteiger partial charge < -0.3 is 15.0 Å². The first-order valence-electron chi connectivity index (χ1n) is 7.78. The molecule has 1 N–H and O–H groups in total. The molecule has 3 rings (SSSR count). The maximum Gasteiger partial charge on any atom is 0.234 e. The molecule has 1 saturated heterocycles. The summed E-state index contributed by atoms with van der Waals surface area (Å²) in [5.41, 5.74) is 0. The van der Waals surface area contributed by atoms with E-state index in [2.05, 4.69) is 20.2 Å². The Morgan fingerprint density at radius 3 is 2.90 bits per heavy atom. The highest BCUT2D eigenvalue weighted by molar-refractivity contribution is 5.38. The van der Waals surface area contributed by atoms with Crippen molar-refractivity contribution in [3.8, 4) is 5.88 Å². The van der Waals surface area contributed by atoms with Crippen molar-refractivity contribution in [2.24, 2.45) is 5.92 Å². The molecule has 0 radical (unpaired) electrons. The van der Waals surface area contributed by atoms with E-state index in [4.69, 9.17) is 4.74 Å². The predicted octanol–water partition coefficient (Wildman–Crippen LogP) is 1.84. The lowest BCUT2D eigenvalue weighted by molar-refractivity contribution is 0.325.